The molecule has 0 saturated heterocycles. The van der Waals surface area contributed by atoms with Crippen LogP contribution in [0.2, 0.25) is 0 Å². The largest absolute Gasteiger partial charge is 0.377 e. The Balaban J connectivity index is 2.12. The van der Waals surface area contributed by atoms with Crippen LogP contribution in [0.3, 0.4) is 0 Å². The maximum atomic E-state index is 11.5. The first-order valence-electron chi connectivity index (χ1n) is 5.32. The van der Waals surface area contributed by atoms with Gasteiger partial charge in [-0.1, -0.05) is 6.08 Å². The van der Waals surface area contributed by atoms with Crippen LogP contribution in [0.15, 0.2) is 11.5 Å². The van der Waals surface area contributed by atoms with Crippen LogP contribution < -0.4 is 5.32 Å². The van der Waals surface area contributed by atoms with E-state index in [0.29, 0.717) is 18.2 Å². The van der Waals surface area contributed by atoms with Gasteiger partial charge < -0.3 is 10.1 Å². The number of rotatable bonds is 3. The van der Waals surface area contributed by atoms with E-state index in [9.17, 15) is 4.79 Å². The lowest BCUT2D eigenvalue weighted by atomic mass is 10.1. The molecule has 86 valence electrons. The molecule has 0 radical (unpaired) electrons. The highest BCUT2D eigenvalue weighted by Gasteiger charge is 2.13. The van der Waals surface area contributed by atoms with E-state index in [1.165, 1.54) is 16.9 Å². The highest BCUT2D eigenvalue weighted by atomic mass is 32.1. The molecule has 0 unspecified atom stereocenters. The number of amides is 1. The molecule has 1 N–H and O–H groups in total. The van der Waals surface area contributed by atoms with Gasteiger partial charge in [0.05, 0.1) is 18.9 Å². The Morgan fingerprint density at radius 2 is 2.56 bits per heavy atom. The first-order chi connectivity index (χ1) is 7.81. The lowest BCUT2D eigenvalue weighted by Crippen LogP contribution is -2.22. The van der Waals surface area contributed by atoms with Crippen molar-refractivity contribution in [1.29, 1.82) is 0 Å². The Labute approximate surface area is 98.3 Å². The summed E-state index contributed by atoms with van der Waals surface area (Å²) in [6.07, 6.45) is 2.90. The fraction of sp³-hybridized carbons (Fsp3) is 0.455. The van der Waals surface area contributed by atoms with Crippen molar-refractivity contribution in [2.45, 2.75) is 13.3 Å². The van der Waals surface area contributed by atoms with Crippen LogP contribution in [-0.2, 0) is 4.74 Å². The van der Waals surface area contributed by atoms with E-state index in [1.54, 1.807) is 0 Å². The second kappa shape index (κ2) is 5.23. The second-order valence-corrected chi connectivity index (χ2v) is 4.31. The first-order valence-corrected chi connectivity index (χ1v) is 6.20. The fourth-order valence-corrected chi connectivity index (χ4v) is 2.28. The van der Waals surface area contributed by atoms with Gasteiger partial charge in [0.1, 0.15) is 0 Å². The maximum absolute atomic E-state index is 11.5. The third-order valence-electron chi connectivity index (χ3n) is 2.33. The van der Waals surface area contributed by atoms with Crippen LogP contribution in [0.1, 0.15) is 28.8 Å². The second-order valence-electron chi connectivity index (χ2n) is 3.45. The number of carbonyl (C=O) groups excluding carboxylic acids is 1. The number of aromatic nitrogens is 1. The van der Waals surface area contributed by atoms with Gasteiger partial charge in [0.25, 0.3) is 5.91 Å². The Morgan fingerprint density at radius 3 is 3.25 bits per heavy atom. The number of nitrogens with zero attached hydrogens (tertiary/aromatic N) is 1. The van der Waals surface area contributed by atoms with Crippen LogP contribution in [0, 0.1) is 0 Å². The summed E-state index contributed by atoms with van der Waals surface area (Å²) in [5.74, 6) is -0.0913. The number of ether oxygens (including phenoxy) is 1. The van der Waals surface area contributed by atoms with Crippen molar-refractivity contribution >= 4 is 22.8 Å². The highest BCUT2D eigenvalue weighted by molar-refractivity contribution is 7.11. The SMILES string of the molecule is CCNC(=O)c1nc(C2=CCOCC2)cs1. The lowest BCUT2D eigenvalue weighted by molar-refractivity contribution is 0.0955. The van der Waals surface area contributed by atoms with Crippen LogP contribution >= 0.6 is 11.3 Å². The van der Waals surface area contributed by atoms with Crippen molar-refractivity contribution < 1.29 is 9.53 Å². The smallest absolute Gasteiger partial charge is 0.280 e. The first kappa shape index (κ1) is 11.3. The van der Waals surface area contributed by atoms with Crippen molar-refractivity contribution in [3.63, 3.8) is 0 Å². The molecule has 0 spiro atoms. The van der Waals surface area contributed by atoms with Gasteiger partial charge in [0.2, 0.25) is 0 Å². The number of hydrogen-bond donors (Lipinski definition) is 1. The van der Waals surface area contributed by atoms with Gasteiger partial charge in [-0.05, 0) is 18.9 Å². The molecular weight excluding hydrogens is 224 g/mol. The summed E-state index contributed by atoms with van der Waals surface area (Å²) in [6.45, 7) is 3.90. The van der Waals surface area contributed by atoms with E-state index in [2.05, 4.69) is 10.3 Å². The molecule has 5 heteroatoms. The maximum Gasteiger partial charge on any atom is 0.280 e. The third kappa shape index (κ3) is 2.48. The topological polar surface area (TPSA) is 51.2 Å². The Kier molecular flexibility index (Phi) is 3.69. The van der Waals surface area contributed by atoms with E-state index >= 15 is 0 Å². The molecule has 1 aromatic rings. The normalized spacial score (nSPS) is 15.7. The molecule has 1 amide bonds. The zero-order valence-electron chi connectivity index (χ0n) is 9.16. The summed E-state index contributed by atoms with van der Waals surface area (Å²) >= 11 is 1.39. The average molecular weight is 238 g/mol. The molecule has 1 aromatic heterocycles. The van der Waals surface area contributed by atoms with Crippen LogP contribution in [-0.4, -0.2) is 30.6 Å². The number of carbonyl (C=O) groups is 1. The minimum absolute atomic E-state index is 0.0913. The van der Waals surface area contributed by atoms with Gasteiger partial charge in [-0.2, -0.15) is 0 Å². The summed E-state index contributed by atoms with van der Waals surface area (Å²) in [5, 5.41) is 5.21. The molecular formula is C11H14N2O2S. The number of hydrogen-bond acceptors (Lipinski definition) is 4. The van der Waals surface area contributed by atoms with Crippen LogP contribution in [0.5, 0.6) is 0 Å². The molecule has 0 fully saturated rings. The average Bonchev–Trinajstić information content (AvgIpc) is 2.80. The summed E-state index contributed by atoms with van der Waals surface area (Å²) < 4.78 is 5.23. The van der Waals surface area contributed by atoms with Gasteiger partial charge >= 0.3 is 0 Å². The zero-order chi connectivity index (χ0) is 11.4. The van der Waals surface area contributed by atoms with Crippen molar-refractivity contribution in [1.82, 2.24) is 10.3 Å². The van der Waals surface area contributed by atoms with Crippen molar-refractivity contribution in [3.8, 4) is 0 Å². The third-order valence-corrected chi connectivity index (χ3v) is 3.17. The van der Waals surface area contributed by atoms with Crippen molar-refractivity contribution in [2.24, 2.45) is 0 Å². The minimum atomic E-state index is -0.0913. The Morgan fingerprint density at radius 1 is 1.69 bits per heavy atom. The number of nitrogens with one attached hydrogen (secondary N) is 1. The Hall–Kier alpha value is -1.20. The molecule has 2 rings (SSSR count). The van der Waals surface area contributed by atoms with E-state index in [-0.39, 0.29) is 5.91 Å². The van der Waals surface area contributed by atoms with Gasteiger partial charge in [-0.25, -0.2) is 4.98 Å². The molecule has 4 nitrogen and oxygen atoms in total. The molecule has 0 saturated carbocycles. The molecule has 0 aromatic carbocycles. The monoisotopic (exact) mass is 238 g/mol. The summed E-state index contributed by atoms with van der Waals surface area (Å²) in [6, 6.07) is 0. The standard InChI is InChI=1S/C11H14N2O2S/c1-2-12-10(14)11-13-9(7-16-11)8-3-5-15-6-4-8/h3,7H,2,4-6H2,1H3,(H,12,14). The summed E-state index contributed by atoms with van der Waals surface area (Å²) in [7, 11) is 0. The summed E-state index contributed by atoms with van der Waals surface area (Å²) in [4.78, 5) is 15.9. The van der Waals surface area contributed by atoms with Gasteiger partial charge in [-0.3, -0.25) is 4.79 Å². The van der Waals surface area contributed by atoms with Crippen molar-refractivity contribution in [2.75, 3.05) is 19.8 Å². The van der Waals surface area contributed by atoms with E-state index < -0.39 is 0 Å². The predicted octanol–water partition coefficient (Wildman–Crippen LogP) is 1.70. The molecule has 0 aliphatic carbocycles. The molecule has 1 aliphatic heterocycles. The molecule has 1 aliphatic rings. The van der Waals surface area contributed by atoms with Gasteiger partial charge in [0.15, 0.2) is 5.01 Å². The molecule has 16 heavy (non-hydrogen) atoms. The van der Waals surface area contributed by atoms with Crippen molar-refractivity contribution in [3.05, 3.63) is 22.2 Å². The predicted molar refractivity (Wildman–Crippen MR) is 63.5 cm³/mol. The van der Waals surface area contributed by atoms with Gasteiger partial charge in [0, 0.05) is 11.9 Å². The molecule has 0 bridgehead atoms. The van der Waals surface area contributed by atoms with Crippen LogP contribution in [0.4, 0.5) is 0 Å². The van der Waals surface area contributed by atoms with E-state index in [4.69, 9.17) is 4.74 Å². The van der Waals surface area contributed by atoms with E-state index in [0.717, 1.165) is 18.7 Å². The lowest BCUT2D eigenvalue weighted by Gasteiger charge is -2.10. The molecule has 0 atom stereocenters. The summed E-state index contributed by atoms with van der Waals surface area (Å²) in [5.41, 5.74) is 2.09. The minimum Gasteiger partial charge on any atom is -0.377 e. The van der Waals surface area contributed by atoms with E-state index in [1.807, 2.05) is 18.4 Å². The fourth-order valence-electron chi connectivity index (χ4n) is 1.52. The van der Waals surface area contributed by atoms with Crippen LogP contribution in [0.25, 0.3) is 5.57 Å². The Bertz CT molecular complexity index is 412. The quantitative estimate of drug-likeness (QED) is 0.872. The molecule has 2 heterocycles. The number of thiazole rings is 1. The van der Waals surface area contributed by atoms with Gasteiger partial charge in [-0.15, -0.1) is 11.3 Å². The zero-order valence-corrected chi connectivity index (χ0v) is 9.97. The highest BCUT2D eigenvalue weighted by Crippen LogP contribution is 2.22.